The Balaban J connectivity index is 1.89. The van der Waals surface area contributed by atoms with Gasteiger partial charge in [0.25, 0.3) is 0 Å². The lowest BCUT2D eigenvalue weighted by Crippen LogP contribution is -2.66. The number of ether oxygens (including phenoxy) is 1. The minimum absolute atomic E-state index is 0.00116. The molecule has 0 bridgehead atoms. The maximum atomic E-state index is 11.7. The summed E-state index contributed by atoms with van der Waals surface area (Å²) in [5, 5.41) is 0. The first-order valence-corrected chi connectivity index (χ1v) is 6.03. The standard InChI is InChI=1S/C12H18O2/c13-10-11(6-4-5-7-11)12(14-10)8-2-1-3-9-12/h1-9H2. The molecule has 2 nitrogen and oxygen atoms in total. The van der Waals surface area contributed by atoms with Gasteiger partial charge in [0, 0.05) is 0 Å². The van der Waals surface area contributed by atoms with E-state index >= 15 is 0 Å². The summed E-state index contributed by atoms with van der Waals surface area (Å²) in [6.07, 6.45) is 10.8. The molecule has 2 saturated carbocycles. The Labute approximate surface area is 85.0 Å². The van der Waals surface area contributed by atoms with Crippen LogP contribution in [0.2, 0.25) is 0 Å². The summed E-state index contributed by atoms with van der Waals surface area (Å²) in [5.41, 5.74) is -0.0216. The van der Waals surface area contributed by atoms with E-state index in [2.05, 4.69) is 0 Å². The average molecular weight is 194 g/mol. The van der Waals surface area contributed by atoms with Crippen molar-refractivity contribution in [3.63, 3.8) is 0 Å². The van der Waals surface area contributed by atoms with E-state index in [9.17, 15) is 4.79 Å². The van der Waals surface area contributed by atoms with E-state index in [0.29, 0.717) is 0 Å². The lowest BCUT2D eigenvalue weighted by atomic mass is 9.60. The quantitative estimate of drug-likeness (QED) is 0.554. The number of carbonyl (C=O) groups is 1. The smallest absolute Gasteiger partial charge is 0.316 e. The Hall–Kier alpha value is -0.530. The summed E-state index contributed by atoms with van der Waals surface area (Å²) in [6.45, 7) is 0. The van der Waals surface area contributed by atoms with Crippen LogP contribution < -0.4 is 0 Å². The van der Waals surface area contributed by atoms with Crippen molar-refractivity contribution in [1.82, 2.24) is 0 Å². The molecule has 78 valence electrons. The average Bonchev–Trinajstić information content (AvgIpc) is 2.71. The lowest BCUT2D eigenvalue weighted by Gasteiger charge is -2.57. The van der Waals surface area contributed by atoms with Crippen molar-refractivity contribution >= 4 is 5.97 Å². The molecule has 0 unspecified atom stereocenters. The monoisotopic (exact) mass is 194 g/mol. The fraction of sp³-hybridized carbons (Fsp3) is 0.917. The highest BCUT2D eigenvalue weighted by Crippen LogP contribution is 2.61. The molecule has 3 aliphatic rings. The highest BCUT2D eigenvalue weighted by molar-refractivity contribution is 5.85. The topological polar surface area (TPSA) is 26.3 Å². The summed E-state index contributed by atoms with van der Waals surface area (Å²) in [7, 11) is 0. The van der Waals surface area contributed by atoms with E-state index in [1.807, 2.05) is 0 Å². The molecule has 0 N–H and O–H groups in total. The molecule has 14 heavy (non-hydrogen) atoms. The molecule has 3 fully saturated rings. The summed E-state index contributed by atoms with van der Waals surface area (Å²) in [4.78, 5) is 11.7. The van der Waals surface area contributed by atoms with Gasteiger partial charge >= 0.3 is 5.97 Å². The molecule has 2 aliphatic carbocycles. The fourth-order valence-corrected chi connectivity index (χ4v) is 3.85. The highest BCUT2D eigenvalue weighted by Gasteiger charge is 2.68. The van der Waals surface area contributed by atoms with Crippen molar-refractivity contribution in [2.75, 3.05) is 0 Å². The van der Waals surface area contributed by atoms with E-state index in [0.717, 1.165) is 25.7 Å². The maximum Gasteiger partial charge on any atom is 0.316 e. The van der Waals surface area contributed by atoms with Crippen molar-refractivity contribution in [2.24, 2.45) is 5.41 Å². The molecular weight excluding hydrogens is 176 g/mol. The zero-order valence-corrected chi connectivity index (χ0v) is 8.68. The van der Waals surface area contributed by atoms with Crippen molar-refractivity contribution < 1.29 is 9.53 Å². The Morgan fingerprint density at radius 3 is 2.00 bits per heavy atom. The van der Waals surface area contributed by atoms with Gasteiger partial charge in [-0.3, -0.25) is 4.79 Å². The molecule has 3 rings (SSSR count). The minimum atomic E-state index is -0.0204. The predicted molar refractivity (Wildman–Crippen MR) is 52.8 cm³/mol. The second-order valence-corrected chi connectivity index (χ2v) is 5.23. The number of hydrogen-bond acceptors (Lipinski definition) is 2. The number of carbonyl (C=O) groups excluding carboxylic acids is 1. The van der Waals surface area contributed by atoms with Crippen LogP contribution in [0.3, 0.4) is 0 Å². The van der Waals surface area contributed by atoms with Gasteiger partial charge in [-0.2, -0.15) is 0 Å². The van der Waals surface area contributed by atoms with Gasteiger partial charge in [-0.15, -0.1) is 0 Å². The van der Waals surface area contributed by atoms with E-state index in [1.165, 1.54) is 32.1 Å². The number of hydrogen-bond donors (Lipinski definition) is 0. The van der Waals surface area contributed by atoms with Gasteiger partial charge in [0.1, 0.15) is 11.0 Å². The third kappa shape index (κ3) is 0.850. The van der Waals surface area contributed by atoms with Crippen LogP contribution in [-0.4, -0.2) is 11.6 Å². The Bertz CT molecular complexity index is 257. The first-order chi connectivity index (χ1) is 6.79. The van der Waals surface area contributed by atoms with Gasteiger partial charge in [0.2, 0.25) is 0 Å². The number of fused-ring (bicyclic) bond motifs is 1. The summed E-state index contributed by atoms with van der Waals surface area (Å²) >= 11 is 0. The summed E-state index contributed by atoms with van der Waals surface area (Å²) in [6, 6.07) is 0. The first-order valence-electron chi connectivity index (χ1n) is 6.03. The van der Waals surface area contributed by atoms with Gasteiger partial charge in [-0.25, -0.2) is 0 Å². The molecule has 2 spiro atoms. The van der Waals surface area contributed by atoms with Crippen LogP contribution in [0.5, 0.6) is 0 Å². The Kier molecular flexibility index (Phi) is 1.71. The minimum Gasteiger partial charge on any atom is -0.457 e. The van der Waals surface area contributed by atoms with Crippen molar-refractivity contribution in [3.05, 3.63) is 0 Å². The molecule has 2 heteroatoms. The molecule has 0 aromatic carbocycles. The van der Waals surface area contributed by atoms with Crippen LogP contribution in [0.25, 0.3) is 0 Å². The first kappa shape index (κ1) is 8.75. The predicted octanol–water partition coefficient (Wildman–Crippen LogP) is 2.81. The molecule has 0 aromatic rings. The Morgan fingerprint density at radius 2 is 1.43 bits per heavy atom. The molecular formula is C12H18O2. The van der Waals surface area contributed by atoms with E-state index in [-0.39, 0.29) is 17.0 Å². The van der Waals surface area contributed by atoms with Gasteiger partial charge in [-0.1, -0.05) is 19.3 Å². The highest BCUT2D eigenvalue weighted by atomic mass is 16.6. The molecule has 1 heterocycles. The van der Waals surface area contributed by atoms with Crippen LogP contribution in [-0.2, 0) is 9.53 Å². The molecule has 1 aliphatic heterocycles. The largest absolute Gasteiger partial charge is 0.457 e. The zero-order valence-electron chi connectivity index (χ0n) is 8.68. The van der Waals surface area contributed by atoms with Crippen LogP contribution in [0.15, 0.2) is 0 Å². The second-order valence-electron chi connectivity index (χ2n) is 5.23. The van der Waals surface area contributed by atoms with Crippen LogP contribution in [0.4, 0.5) is 0 Å². The second kappa shape index (κ2) is 2.74. The molecule has 0 aromatic heterocycles. The molecule has 0 amide bonds. The van der Waals surface area contributed by atoms with Crippen LogP contribution in [0, 0.1) is 5.41 Å². The molecule has 0 radical (unpaired) electrons. The van der Waals surface area contributed by atoms with Gasteiger partial charge in [-0.05, 0) is 38.5 Å². The van der Waals surface area contributed by atoms with Crippen molar-refractivity contribution in [1.29, 1.82) is 0 Å². The van der Waals surface area contributed by atoms with E-state index in [1.54, 1.807) is 0 Å². The third-order valence-electron chi connectivity index (χ3n) is 4.67. The van der Waals surface area contributed by atoms with Crippen LogP contribution >= 0.6 is 0 Å². The van der Waals surface area contributed by atoms with E-state index < -0.39 is 0 Å². The molecule has 1 saturated heterocycles. The Morgan fingerprint density at radius 1 is 0.857 bits per heavy atom. The van der Waals surface area contributed by atoms with Crippen molar-refractivity contribution in [3.8, 4) is 0 Å². The van der Waals surface area contributed by atoms with Crippen molar-refractivity contribution in [2.45, 2.75) is 63.4 Å². The normalized spacial score (nSPS) is 33.0. The number of esters is 1. The van der Waals surface area contributed by atoms with Crippen LogP contribution in [0.1, 0.15) is 57.8 Å². The summed E-state index contributed by atoms with van der Waals surface area (Å²) in [5.74, 6) is 0.122. The van der Waals surface area contributed by atoms with Gasteiger partial charge < -0.3 is 4.74 Å². The van der Waals surface area contributed by atoms with E-state index in [4.69, 9.17) is 4.74 Å². The summed E-state index contributed by atoms with van der Waals surface area (Å²) < 4.78 is 5.57. The maximum absolute atomic E-state index is 11.7. The van der Waals surface area contributed by atoms with Gasteiger partial charge in [0.15, 0.2) is 0 Å². The molecule has 0 atom stereocenters. The fourth-order valence-electron chi connectivity index (χ4n) is 3.85. The lowest BCUT2D eigenvalue weighted by molar-refractivity contribution is -0.251. The zero-order chi connectivity index (χ0) is 9.65. The van der Waals surface area contributed by atoms with Gasteiger partial charge in [0.05, 0.1) is 0 Å². The third-order valence-corrected chi connectivity index (χ3v) is 4.67. The SMILES string of the molecule is O=C1OC2(CCCCC2)C12CCCC2. The number of rotatable bonds is 0.